The molecule has 0 aliphatic carbocycles. The van der Waals surface area contributed by atoms with Crippen LogP contribution in [0.3, 0.4) is 0 Å². The summed E-state index contributed by atoms with van der Waals surface area (Å²) in [6.45, 7) is 3.57. The SMILES string of the molecule is CCOC(=O)/C=C1\SCC(=O)N1CCOC(=O)c1cc(OCC)c(OC)cc1[N+](=O)[O-]. The highest BCUT2D eigenvalue weighted by Gasteiger charge is 2.29. The molecule has 0 atom stereocenters. The Morgan fingerprint density at radius 2 is 1.97 bits per heavy atom. The number of nitro benzene ring substituents is 1. The van der Waals surface area contributed by atoms with Gasteiger partial charge in [0.1, 0.15) is 12.2 Å². The van der Waals surface area contributed by atoms with Gasteiger partial charge in [-0.3, -0.25) is 14.9 Å². The molecule has 1 heterocycles. The van der Waals surface area contributed by atoms with Crippen LogP contribution in [0.25, 0.3) is 0 Å². The fourth-order valence-electron chi connectivity index (χ4n) is 2.65. The van der Waals surface area contributed by atoms with Gasteiger partial charge in [0.25, 0.3) is 5.69 Å². The number of hydrogen-bond donors (Lipinski definition) is 0. The molecule has 1 aromatic rings. The number of carbonyl (C=O) groups excluding carboxylic acids is 3. The number of esters is 2. The van der Waals surface area contributed by atoms with Gasteiger partial charge in [-0.25, -0.2) is 9.59 Å². The number of hydrogen-bond acceptors (Lipinski definition) is 10. The van der Waals surface area contributed by atoms with Crippen molar-refractivity contribution < 1.29 is 38.3 Å². The van der Waals surface area contributed by atoms with Crippen LogP contribution in [0.15, 0.2) is 23.2 Å². The summed E-state index contributed by atoms with van der Waals surface area (Å²) in [7, 11) is 1.33. The minimum absolute atomic E-state index is 0.0227. The molecule has 0 unspecified atom stereocenters. The number of methoxy groups -OCH3 is 1. The molecule has 0 radical (unpaired) electrons. The molecule has 11 nitrogen and oxygen atoms in total. The van der Waals surface area contributed by atoms with Crippen molar-refractivity contribution in [2.75, 3.05) is 39.2 Å². The number of nitro groups is 1. The van der Waals surface area contributed by atoms with E-state index >= 15 is 0 Å². The maximum atomic E-state index is 12.5. The lowest BCUT2D eigenvalue weighted by Crippen LogP contribution is -2.29. The van der Waals surface area contributed by atoms with Crippen molar-refractivity contribution in [1.82, 2.24) is 4.90 Å². The molecule has 168 valence electrons. The molecule has 2 rings (SSSR count). The summed E-state index contributed by atoms with van der Waals surface area (Å²) < 4.78 is 20.4. The number of amides is 1. The maximum Gasteiger partial charge on any atom is 0.345 e. The van der Waals surface area contributed by atoms with Crippen molar-refractivity contribution in [1.29, 1.82) is 0 Å². The Hall–Kier alpha value is -3.28. The van der Waals surface area contributed by atoms with E-state index in [4.69, 9.17) is 18.9 Å². The van der Waals surface area contributed by atoms with Crippen LogP contribution >= 0.6 is 11.8 Å². The zero-order valence-electron chi connectivity index (χ0n) is 17.2. The largest absolute Gasteiger partial charge is 0.493 e. The Balaban J connectivity index is 2.13. The average molecular weight is 454 g/mol. The lowest BCUT2D eigenvalue weighted by atomic mass is 10.1. The first-order valence-electron chi connectivity index (χ1n) is 9.30. The molecular formula is C19H22N2O9S. The minimum atomic E-state index is -0.953. The fourth-order valence-corrected chi connectivity index (χ4v) is 3.61. The molecule has 1 aromatic carbocycles. The normalized spacial score (nSPS) is 14.5. The molecule has 1 saturated heterocycles. The topological polar surface area (TPSA) is 135 Å². The number of nitrogens with zero attached hydrogens (tertiary/aromatic N) is 2. The van der Waals surface area contributed by atoms with Crippen molar-refractivity contribution in [2.45, 2.75) is 13.8 Å². The monoisotopic (exact) mass is 454 g/mol. The summed E-state index contributed by atoms with van der Waals surface area (Å²) in [5, 5.41) is 11.8. The first-order chi connectivity index (χ1) is 14.8. The highest BCUT2D eigenvalue weighted by molar-refractivity contribution is 8.04. The van der Waals surface area contributed by atoms with Gasteiger partial charge in [-0.1, -0.05) is 11.8 Å². The van der Waals surface area contributed by atoms with Crippen LogP contribution in [-0.2, 0) is 19.1 Å². The highest BCUT2D eigenvalue weighted by atomic mass is 32.2. The second kappa shape index (κ2) is 11.2. The summed E-state index contributed by atoms with van der Waals surface area (Å²) in [5.74, 6) is -1.39. The molecule has 0 aromatic heterocycles. The van der Waals surface area contributed by atoms with Gasteiger partial charge in [-0.2, -0.15) is 0 Å². The molecule has 31 heavy (non-hydrogen) atoms. The van der Waals surface area contributed by atoms with Crippen molar-refractivity contribution >= 4 is 35.3 Å². The second-order valence-corrected chi connectivity index (χ2v) is 6.91. The smallest absolute Gasteiger partial charge is 0.345 e. The van der Waals surface area contributed by atoms with Crippen molar-refractivity contribution in [3.05, 3.63) is 38.9 Å². The van der Waals surface area contributed by atoms with Gasteiger partial charge in [0.15, 0.2) is 11.5 Å². The van der Waals surface area contributed by atoms with Gasteiger partial charge >= 0.3 is 11.9 Å². The van der Waals surface area contributed by atoms with E-state index in [1.54, 1.807) is 13.8 Å². The van der Waals surface area contributed by atoms with E-state index in [1.165, 1.54) is 24.2 Å². The van der Waals surface area contributed by atoms with Gasteiger partial charge < -0.3 is 23.8 Å². The highest BCUT2D eigenvalue weighted by Crippen LogP contribution is 2.35. The summed E-state index contributed by atoms with van der Waals surface area (Å²) >= 11 is 1.16. The minimum Gasteiger partial charge on any atom is -0.493 e. The molecule has 0 bridgehead atoms. The summed E-state index contributed by atoms with van der Waals surface area (Å²) in [6, 6.07) is 2.27. The van der Waals surface area contributed by atoms with Crippen LogP contribution in [0.1, 0.15) is 24.2 Å². The number of ether oxygens (including phenoxy) is 4. The maximum absolute atomic E-state index is 12.5. The number of thioether (sulfide) groups is 1. The first kappa shape index (κ1) is 24.0. The van der Waals surface area contributed by atoms with Gasteiger partial charge in [0.05, 0.1) is 54.7 Å². The average Bonchev–Trinajstić information content (AvgIpc) is 3.07. The van der Waals surface area contributed by atoms with Gasteiger partial charge in [-0.15, -0.1) is 0 Å². The van der Waals surface area contributed by atoms with Gasteiger partial charge in [-0.05, 0) is 13.8 Å². The Bertz CT molecular complexity index is 901. The Morgan fingerprint density at radius 1 is 1.23 bits per heavy atom. The zero-order valence-corrected chi connectivity index (χ0v) is 18.1. The quantitative estimate of drug-likeness (QED) is 0.224. The van der Waals surface area contributed by atoms with E-state index in [1.807, 2.05) is 0 Å². The molecule has 0 saturated carbocycles. The number of carbonyl (C=O) groups is 3. The lowest BCUT2D eigenvalue weighted by Gasteiger charge is -2.17. The molecule has 1 fully saturated rings. The Morgan fingerprint density at radius 3 is 2.58 bits per heavy atom. The third kappa shape index (κ3) is 6.10. The Labute approximate surface area is 182 Å². The van der Waals surface area contributed by atoms with E-state index in [0.717, 1.165) is 17.8 Å². The zero-order chi connectivity index (χ0) is 23.0. The third-order valence-corrected chi connectivity index (χ3v) is 5.01. The molecule has 0 spiro atoms. The van der Waals surface area contributed by atoms with Crippen LogP contribution in [0, 0.1) is 10.1 Å². The standard InChI is InChI=1S/C19H22N2O9S/c1-4-28-15-8-12(13(21(25)26)9-14(15)27-3)19(24)30-7-6-20-16(22)11-31-17(20)10-18(23)29-5-2/h8-10H,4-7,11H2,1-3H3/b17-10-. The van der Waals surface area contributed by atoms with Crippen molar-refractivity contribution in [3.63, 3.8) is 0 Å². The summed E-state index contributed by atoms with van der Waals surface area (Å²) in [6.07, 6.45) is 1.20. The van der Waals surface area contributed by atoms with Crippen LogP contribution in [0.2, 0.25) is 0 Å². The lowest BCUT2D eigenvalue weighted by molar-refractivity contribution is -0.385. The van der Waals surface area contributed by atoms with Gasteiger partial charge in [0, 0.05) is 6.07 Å². The predicted octanol–water partition coefficient (Wildman–Crippen LogP) is 2.14. The van der Waals surface area contributed by atoms with E-state index in [0.29, 0.717) is 5.03 Å². The Kier molecular flexibility index (Phi) is 8.67. The molecule has 1 aliphatic heterocycles. The molecular weight excluding hydrogens is 432 g/mol. The third-order valence-electron chi connectivity index (χ3n) is 3.98. The van der Waals surface area contributed by atoms with Crippen molar-refractivity contribution in [3.8, 4) is 11.5 Å². The van der Waals surface area contributed by atoms with Crippen LogP contribution in [0.4, 0.5) is 5.69 Å². The molecule has 0 N–H and O–H groups in total. The van der Waals surface area contributed by atoms with Crippen LogP contribution < -0.4 is 9.47 Å². The van der Waals surface area contributed by atoms with Gasteiger partial charge in [0.2, 0.25) is 5.91 Å². The molecule has 1 amide bonds. The second-order valence-electron chi connectivity index (χ2n) is 5.91. The van der Waals surface area contributed by atoms with E-state index in [-0.39, 0.29) is 55.1 Å². The van der Waals surface area contributed by atoms with E-state index in [9.17, 15) is 24.5 Å². The predicted molar refractivity (Wildman–Crippen MR) is 110 cm³/mol. The number of benzene rings is 1. The van der Waals surface area contributed by atoms with Crippen molar-refractivity contribution in [2.24, 2.45) is 0 Å². The molecule has 1 aliphatic rings. The summed E-state index contributed by atoms with van der Waals surface area (Å²) in [4.78, 5) is 48.1. The summed E-state index contributed by atoms with van der Waals surface area (Å²) in [5.41, 5.74) is -0.806. The molecule has 12 heteroatoms. The first-order valence-corrected chi connectivity index (χ1v) is 10.3. The number of rotatable bonds is 10. The van der Waals surface area contributed by atoms with Crippen LogP contribution in [0.5, 0.6) is 11.5 Å². The van der Waals surface area contributed by atoms with E-state index in [2.05, 4.69) is 0 Å². The van der Waals surface area contributed by atoms with E-state index < -0.39 is 22.5 Å². The van der Waals surface area contributed by atoms with Crippen LogP contribution in [-0.4, -0.2) is 66.9 Å². The fraction of sp³-hybridized carbons (Fsp3) is 0.421.